The molecule has 2 aliphatic rings. The average Bonchev–Trinajstić information content (AvgIpc) is 2.89. The molecule has 1 saturated carbocycles. The highest BCUT2D eigenvalue weighted by Gasteiger charge is 2.37. The molecule has 0 aromatic carbocycles. The van der Waals surface area contributed by atoms with Gasteiger partial charge in [0.1, 0.15) is 5.82 Å². The van der Waals surface area contributed by atoms with Crippen molar-refractivity contribution in [2.24, 2.45) is 11.1 Å². The van der Waals surface area contributed by atoms with Gasteiger partial charge in [0.25, 0.3) is 0 Å². The molecule has 3 heteroatoms. The molecule has 1 unspecified atom stereocenters. The van der Waals surface area contributed by atoms with E-state index in [9.17, 15) is 0 Å². The Hall–Kier alpha value is -1.09. The van der Waals surface area contributed by atoms with Gasteiger partial charge in [-0.2, -0.15) is 0 Å². The molecule has 2 N–H and O–H groups in total. The normalized spacial score (nSPS) is 23.2. The maximum absolute atomic E-state index is 5.83. The second-order valence-corrected chi connectivity index (χ2v) is 6.90. The van der Waals surface area contributed by atoms with Crippen molar-refractivity contribution in [3.8, 4) is 0 Å². The minimum Gasteiger partial charge on any atom is -0.357 e. The van der Waals surface area contributed by atoms with Gasteiger partial charge in [-0.1, -0.05) is 18.9 Å². The summed E-state index contributed by atoms with van der Waals surface area (Å²) < 4.78 is 0. The Labute approximate surface area is 122 Å². The van der Waals surface area contributed by atoms with Gasteiger partial charge in [0, 0.05) is 25.3 Å². The largest absolute Gasteiger partial charge is 0.357 e. The summed E-state index contributed by atoms with van der Waals surface area (Å²) in [6.45, 7) is 4.40. The zero-order valence-electron chi connectivity index (χ0n) is 12.6. The van der Waals surface area contributed by atoms with Gasteiger partial charge in [-0.05, 0) is 56.1 Å². The van der Waals surface area contributed by atoms with E-state index in [1.807, 2.05) is 13.1 Å². The number of rotatable bonds is 3. The molecule has 3 rings (SSSR count). The van der Waals surface area contributed by atoms with Crippen molar-refractivity contribution < 1.29 is 0 Å². The maximum Gasteiger partial charge on any atom is 0.128 e. The summed E-state index contributed by atoms with van der Waals surface area (Å²) in [5.74, 6) is 1.14. The third-order valence-electron chi connectivity index (χ3n) is 5.18. The quantitative estimate of drug-likeness (QED) is 0.920. The molecular weight excluding hydrogens is 246 g/mol. The highest BCUT2D eigenvalue weighted by atomic mass is 15.2. The van der Waals surface area contributed by atoms with Crippen molar-refractivity contribution in [2.75, 3.05) is 18.0 Å². The van der Waals surface area contributed by atoms with E-state index in [0.29, 0.717) is 5.41 Å². The first-order valence-electron chi connectivity index (χ1n) is 8.12. The minimum absolute atomic E-state index is 0.208. The SMILES string of the molecule is CC(N)Cc1ccc(N2CCC3(CCCC3)CC2)nc1. The lowest BCUT2D eigenvalue weighted by Crippen LogP contribution is -2.39. The van der Waals surface area contributed by atoms with Gasteiger partial charge >= 0.3 is 0 Å². The molecule has 20 heavy (non-hydrogen) atoms. The highest BCUT2D eigenvalue weighted by molar-refractivity contribution is 5.40. The van der Waals surface area contributed by atoms with Gasteiger partial charge in [-0.25, -0.2) is 4.98 Å². The summed E-state index contributed by atoms with van der Waals surface area (Å²) >= 11 is 0. The fraction of sp³-hybridized carbons (Fsp3) is 0.706. The summed E-state index contributed by atoms with van der Waals surface area (Å²) in [6, 6.07) is 4.57. The van der Waals surface area contributed by atoms with E-state index in [1.54, 1.807) is 0 Å². The van der Waals surface area contributed by atoms with E-state index in [2.05, 4.69) is 22.0 Å². The first-order valence-corrected chi connectivity index (χ1v) is 8.12. The smallest absolute Gasteiger partial charge is 0.128 e. The molecule has 0 bridgehead atoms. The van der Waals surface area contributed by atoms with Crippen molar-refractivity contribution in [3.05, 3.63) is 23.9 Å². The zero-order valence-corrected chi connectivity index (χ0v) is 12.6. The molecule has 110 valence electrons. The molecular formula is C17H27N3. The molecule has 1 aliphatic carbocycles. The highest BCUT2D eigenvalue weighted by Crippen LogP contribution is 2.46. The van der Waals surface area contributed by atoms with Crippen LogP contribution in [0, 0.1) is 5.41 Å². The van der Waals surface area contributed by atoms with Gasteiger partial charge in [-0.3, -0.25) is 0 Å². The molecule has 1 atom stereocenters. The lowest BCUT2D eigenvalue weighted by atomic mass is 9.77. The molecule has 0 amide bonds. The molecule has 2 fully saturated rings. The summed E-state index contributed by atoms with van der Waals surface area (Å²) in [4.78, 5) is 7.10. The third kappa shape index (κ3) is 2.98. The lowest BCUT2D eigenvalue weighted by molar-refractivity contribution is 0.226. The van der Waals surface area contributed by atoms with Crippen molar-refractivity contribution in [2.45, 2.75) is 57.9 Å². The van der Waals surface area contributed by atoms with Gasteiger partial charge in [0.2, 0.25) is 0 Å². The Kier molecular flexibility index (Phi) is 3.97. The van der Waals surface area contributed by atoms with Crippen LogP contribution < -0.4 is 10.6 Å². The molecule has 0 radical (unpaired) electrons. The second kappa shape index (κ2) is 5.72. The van der Waals surface area contributed by atoms with E-state index in [0.717, 1.165) is 12.2 Å². The Morgan fingerprint density at radius 2 is 1.90 bits per heavy atom. The Morgan fingerprint density at radius 1 is 1.20 bits per heavy atom. The van der Waals surface area contributed by atoms with Crippen LogP contribution in [0.3, 0.4) is 0 Å². The zero-order chi connectivity index (χ0) is 14.0. The van der Waals surface area contributed by atoms with Crippen LogP contribution in [-0.4, -0.2) is 24.1 Å². The Morgan fingerprint density at radius 3 is 2.45 bits per heavy atom. The number of hydrogen-bond acceptors (Lipinski definition) is 3. The van der Waals surface area contributed by atoms with Crippen LogP contribution >= 0.6 is 0 Å². The fourth-order valence-electron chi connectivity index (χ4n) is 3.93. The Balaban J connectivity index is 1.60. The van der Waals surface area contributed by atoms with Crippen molar-refractivity contribution in [1.29, 1.82) is 0 Å². The number of nitrogens with two attached hydrogens (primary N) is 1. The van der Waals surface area contributed by atoms with E-state index in [4.69, 9.17) is 5.73 Å². The monoisotopic (exact) mass is 273 g/mol. The van der Waals surface area contributed by atoms with Crippen LogP contribution in [0.5, 0.6) is 0 Å². The van der Waals surface area contributed by atoms with Crippen LogP contribution in [-0.2, 0) is 6.42 Å². The third-order valence-corrected chi connectivity index (χ3v) is 5.18. The van der Waals surface area contributed by atoms with Crippen LogP contribution in [0.4, 0.5) is 5.82 Å². The van der Waals surface area contributed by atoms with Crippen LogP contribution in [0.2, 0.25) is 0 Å². The molecule has 1 aromatic rings. The van der Waals surface area contributed by atoms with Gasteiger partial charge < -0.3 is 10.6 Å². The predicted octanol–water partition coefficient (Wildman–Crippen LogP) is 3.13. The predicted molar refractivity (Wildman–Crippen MR) is 83.9 cm³/mol. The van der Waals surface area contributed by atoms with Crippen molar-refractivity contribution >= 4 is 5.82 Å². The van der Waals surface area contributed by atoms with Gasteiger partial charge in [0.15, 0.2) is 0 Å². The summed E-state index contributed by atoms with van der Waals surface area (Å²) in [7, 11) is 0. The number of aromatic nitrogens is 1. The van der Waals surface area contributed by atoms with E-state index < -0.39 is 0 Å². The molecule has 1 aromatic heterocycles. The molecule has 1 saturated heterocycles. The van der Waals surface area contributed by atoms with E-state index >= 15 is 0 Å². The molecule has 1 aliphatic heterocycles. The van der Waals surface area contributed by atoms with Gasteiger partial charge in [0.05, 0.1) is 0 Å². The molecule has 1 spiro atoms. The number of piperidine rings is 1. The fourth-order valence-corrected chi connectivity index (χ4v) is 3.93. The Bertz CT molecular complexity index is 422. The first kappa shape index (κ1) is 13.9. The number of pyridine rings is 1. The maximum atomic E-state index is 5.83. The minimum atomic E-state index is 0.208. The average molecular weight is 273 g/mol. The van der Waals surface area contributed by atoms with Crippen LogP contribution in [0.1, 0.15) is 51.0 Å². The molecule has 2 heterocycles. The summed E-state index contributed by atoms with van der Waals surface area (Å²) in [6.07, 6.45) is 11.4. The number of anilines is 1. The summed E-state index contributed by atoms with van der Waals surface area (Å²) in [5, 5.41) is 0. The van der Waals surface area contributed by atoms with Crippen LogP contribution in [0.15, 0.2) is 18.3 Å². The van der Waals surface area contributed by atoms with Crippen LogP contribution in [0.25, 0.3) is 0 Å². The second-order valence-electron chi connectivity index (χ2n) is 6.90. The number of hydrogen-bond donors (Lipinski definition) is 1. The number of nitrogens with zero attached hydrogens (tertiary/aromatic N) is 2. The molecule has 3 nitrogen and oxygen atoms in total. The summed E-state index contributed by atoms with van der Waals surface area (Å²) in [5.41, 5.74) is 7.76. The van der Waals surface area contributed by atoms with E-state index in [-0.39, 0.29) is 6.04 Å². The van der Waals surface area contributed by atoms with E-state index in [1.165, 1.54) is 57.2 Å². The van der Waals surface area contributed by atoms with Gasteiger partial charge in [-0.15, -0.1) is 0 Å². The van der Waals surface area contributed by atoms with Crippen molar-refractivity contribution in [1.82, 2.24) is 4.98 Å². The lowest BCUT2D eigenvalue weighted by Gasteiger charge is -2.40. The topological polar surface area (TPSA) is 42.1 Å². The standard InChI is InChI=1S/C17H27N3/c1-14(18)12-15-4-5-16(19-13-15)20-10-8-17(9-11-20)6-2-3-7-17/h4-5,13-14H,2-3,6-12,18H2,1H3. The first-order chi connectivity index (χ1) is 9.67. The van der Waals surface area contributed by atoms with Crippen molar-refractivity contribution in [3.63, 3.8) is 0 Å².